The summed E-state index contributed by atoms with van der Waals surface area (Å²) in [6, 6.07) is 5.91. The molecule has 0 heterocycles. The van der Waals surface area contributed by atoms with Crippen LogP contribution in [-0.2, 0) is 0 Å². The highest BCUT2D eigenvalue weighted by Crippen LogP contribution is 2.21. The summed E-state index contributed by atoms with van der Waals surface area (Å²) in [7, 11) is 0. The van der Waals surface area contributed by atoms with Crippen LogP contribution in [-0.4, -0.2) is 12.3 Å². The maximum atomic E-state index is 12.1. The lowest BCUT2D eigenvalue weighted by Crippen LogP contribution is -2.32. The van der Waals surface area contributed by atoms with Gasteiger partial charge in [0.05, 0.1) is 0 Å². The zero-order valence-corrected chi connectivity index (χ0v) is 9.92. The molecule has 1 rings (SSSR count). The minimum Gasteiger partial charge on any atom is -0.329 e. The maximum absolute atomic E-state index is 12.1. The van der Waals surface area contributed by atoms with Gasteiger partial charge in [0.2, 0.25) is 0 Å². The highest BCUT2D eigenvalue weighted by Gasteiger charge is 2.26. The van der Waals surface area contributed by atoms with Gasteiger partial charge in [-0.2, -0.15) is 0 Å². The van der Waals surface area contributed by atoms with Crippen LogP contribution in [0.4, 0.5) is 0 Å². The lowest BCUT2D eigenvalue weighted by atomic mass is 9.83. The first-order valence-electron chi connectivity index (χ1n) is 5.20. The predicted octanol–water partition coefficient (Wildman–Crippen LogP) is 2.47. The Hall–Kier alpha value is -1.15. The van der Waals surface area contributed by atoms with Crippen molar-refractivity contribution in [3.05, 3.63) is 34.9 Å². The van der Waals surface area contributed by atoms with Gasteiger partial charge in [-0.3, -0.25) is 4.79 Å². The van der Waals surface area contributed by atoms with Gasteiger partial charge in [-0.15, -0.1) is 0 Å². The van der Waals surface area contributed by atoms with Crippen LogP contribution in [0, 0.1) is 19.3 Å². The fraction of sp³-hybridized carbons (Fsp3) is 0.462. The van der Waals surface area contributed by atoms with E-state index in [-0.39, 0.29) is 5.78 Å². The topological polar surface area (TPSA) is 43.1 Å². The molecule has 1 aromatic rings. The molecule has 0 unspecified atom stereocenters. The minimum atomic E-state index is -0.472. The number of carbonyl (C=O) groups is 1. The highest BCUT2D eigenvalue weighted by atomic mass is 16.1. The molecule has 2 heteroatoms. The van der Waals surface area contributed by atoms with Crippen LogP contribution in [0.15, 0.2) is 18.2 Å². The second kappa shape index (κ2) is 4.15. The van der Waals surface area contributed by atoms with Gasteiger partial charge in [0, 0.05) is 17.5 Å². The molecule has 1 aromatic carbocycles. The molecule has 0 spiro atoms. The monoisotopic (exact) mass is 205 g/mol. The molecule has 0 aliphatic heterocycles. The van der Waals surface area contributed by atoms with Crippen molar-refractivity contribution < 1.29 is 4.79 Å². The van der Waals surface area contributed by atoms with Gasteiger partial charge in [-0.05, 0) is 26.0 Å². The smallest absolute Gasteiger partial charge is 0.169 e. The molecule has 0 radical (unpaired) electrons. The van der Waals surface area contributed by atoms with E-state index in [0.717, 1.165) is 16.7 Å². The van der Waals surface area contributed by atoms with E-state index in [9.17, 15) is 4.79 Å². The number of rotatable bonds is 3. The summed E-state index contributed by atoms with van der Waals surface area (Å²) in [6.07, 6.45) is 0. The van der Waals surface area contributed by atoms with Gasteiger partial charge in [0.1, 0.15) is 0 Å². The average molecular weight is 205 g/mol. The third-order valence-corrected chi connectivity index (χ3v) is 2.61. The molecule has 2 N–H and O–H groups in total. The summed E-state index contributed by atoms with van der Waals surface area (Å²) in [5.74, 6) is 0.122. The second-order valence-electron chi connectivity index (χ2n) is 4.79. The SMILES string of the molecule is Cc1cc(C)cc(C(=O)C(C)(C)CN)c1. The Morgan fingerprint density at radius 3 is 2.07 bits per heavy atom. The van der Waals surface area contributed by atoms with E-state index < -0.39 is 5.41 Å². The molecular weight excluding hydrogens is 186 g/mol. The largest absolute Gasteiger partial charge is 0.329 e. The van der Waals surface area contributed by atoms with Crippen LogP contribution >= 0.6 is 0 Å². The van der Waals surface area contributed by atoms with E-state index in [1.165, 1.54) is 0 Å². The highest BCUT2D eigenvalue weighted by molar-refractivity contribution is 6.00. The van der Waals surface area contributed by atoms with Crippen molar-refractivity contribution in [3.8, 4) is 0 Å². The van der Waals surface area contributed by atoms with Crippen LogP contribution in [0.2, 0.25) is 0 Å². The Morgan fingerprint density at radius 2 is 1.67 bits per heavy atom. The van der Waals surface area contributed by atoms with Crippen LogP contribution in [0.5, 0.6) is 0 Å². The molecule has 2 nitrogen and oxygen atoms in total. The van der Waals surface area contributed by atoms with E-state index in [1.807, 2.05) is 39.8 Å². The van der Waals surface area contributed by atoms with Gasteiger partial charge < -0.3 is 5.73 Å². The third-order valence-electron chi connectivity index (χ3n) is 2.61. The summed E-state index contributed by atoms with van der Waals surface area (Å²) in [4.78, 5) is 12.1. The molecule has 0 fully saturated rings. The molecule has 82 valence electrons. The number of carbonyl (C=O) groups excluding carboxylic acids is 1. The van der Waals surface area contributed by atoms with E-state index in [0.29, 0.717) is 6.54 Å². The van der Waals surface area contributed by atoms with Crippen LogP contribution in [0.1, 0.15) is 35.3 Å². The van der Waals surface area contributed by atoms with Crippen LogP contribution in [0.3, 0.4) is 0 Å². The van der Waals surface area contributed by atoms with Crippen molar-refractivity contribution >= 4 is 5.78 Å². The summed E-state index contributed by atoms with van der Waals surface area (Å²) >= 11 is 0. The Morgan fingerprint density at radius 1 is 1.20 bits per heavy atom. The van der Waals surface area contributed by atoms with E-state index >= 15 is 0 Å². The van der Waals surface area contributed by atoms with Crippen LogP contribution < -0.4 is 5.73 Å². The molecule has 0 saturated carbocycles. The lowest BCUT2D eigenvalue weighted by molar-refractivity contribution is 0.0847. The molecule has 0 bridgehead atoms. The van der Waals surface area contributed by atoms with Crippen molar-refractivity contribution in [2.75, 3.05) is 6.54 Å². The molecule has 0 aliphatic carbocycles. The first kappa shape index (κ1) is 11.9. The van der Waals surface area contributed by atoms with E-state index in [4.69, 9.17) is 5.73 Å². The standard InChI is InChI=1S/C13H19NO/c1-9-5-10(2)7-11(6-9)12(15)13(3,4)8-14/h5-7H,8,14H2,1-4H3. The number of Topliss-reactive ketones (excluding diaryl/α,β-unsaturated/α-hetero) is 1. The fourth-order valence-electron chi connectivity index (χ4n) is 1.59. The summed E-state index contributed by atoms with van der Waals surface area (Å²) in [6.45, 7) is 8.14. The normalized spacial score (nSPS) is 11.5. The molecule has 15 heavy (non-hydrogen) atoms. The Bertz CT molecular complexity index is 360. The zero-order valence-electron chi connectivity index (χ0n) is 9.92. The summed E-state index contributed by atoms with van der Waals surface area (Å²) < 4.78 is 0. The lowest BCUT2D eigenvalue weighted by Gasteiger charge is -2.21. The maximum Gasteiger partial charge on any atom is 0.169 e. The average Bonchev–Trinajstić information content (AvgIpc) is 2.15. The fourth-order valence-corrected chi connectivity index (χ4v) is 1.59. The first-order valence-corrected chi connectivity index (χ1v) is 5.20. The number of hydrogen-bond acceptors (Lipinski definition) is 2. The van der Waals surface area contributed by atoms with Crippen molar-refractivity contribution in [1.82, 2.24) is 0 Å². The van der Waals surface area contributed by atoms with Gasteiger partial charge in [-0.25, -0.2) is 0 Å². The molecule has 0 atom stereocenters. The third kappa shape index (κ3) is 2.66. The quantitative estimate of drug-likeness (QED) is 0.770. The van der Waals surface area contributed by atoms with Crippen LogP contribution in [0.25, 0.3) is 0 Å². The Balaban J connectivity index is 3.12. The molecule has 0 saturated heterocycles. The Labute approximate surface area is 91.5 Å². The van der Waals surface area contributed by atoms with E-state index in [2.05, 4.69) is 6.07 Å². The van der Waals surface area contributed by atoms with Crippen molar-refractivity contribution in [2.45, 2.75) is 27.7 Å². The Kier molecular flexibility index (Phi) is 3.30. The van der Waals surface area contributed by atoms with Gasteiger partial charge in [0.15, 0.2) is 5.78 Å². The zero-order chi connectivity index (χ0) is 11.6. The van der Waals surface area contributed by atoms with Gasteiger partial charge in [0.25, 0.3) is 0 Å². The number of ketones is 1. The second-order valence-corrected chi connectivity index (χ2v) is 4.79. The summed E-state index contributed by atoms with van der Waals surface area (Å²) in [5.41, 5.74) is 8.13. The van der Waals surface area contributed by atoms with Gasteiger partial charge >= 0.3 is 0 Å². The summed E-state index contributed by atoms with van der Waals surface area (Å²) in [5, 5.41) is 0. The number of benzene rings is 1. The number of nitrogens with two attached hydrogens (primary N) is 1. The first-order chi connectivity index (χ1) is 6.86. The van der Waals surface area contributed by atoms with Crippen molar-refractivity contribution in [1.29, 1.82) is 0 Å². The molecule has 0 aliphatic rings. The van der Waals surface area contributed by atoms with Crippen molar-refractivity contribution in [2.24, 2.45) is 11.1 Å². The van der Waals surface area contributed by atoms with Gasteiger partial charge in [-0.1, -0.05) is 31.0 Å². The predicted molar refractivity (Wildman–Crippen MR) is 63.1 cm³/mol. The van der Waals surface area contributed by atoms with E-state index in [1.54, 1.807) is 0 Å². The molecule has 0 amide bonds. The van der Waals surface area contributed by atoms with Crippen molar-refractivity contribution in [3.63, 3.8) is 0 Å². The number of hydrogen-bond donors (Lipinski definition) is 1. The minimum absolute atomic E-state index is 0.122. The molecular formula is C13H19NO. The number of aryl methyl sites for hydroxylation is 2. The molecule has 0 aromatic heterocycles.